The van der Waals surface area contributed by atoms with Crippen LogP contribution in [0, 0.1) is 0 Å². The smallest absolute Gasteiger partial charge is 0.131 e. The Hall–Kier alpha value is -1.49. The van der Waals surface area contributed by atoms with Gasteiger partial charge in [0.25, 0.3) is 0 Å². The maximum atomic E-state index is 11.4. The largest absolute Gasteiger partial charge is 0.488 e. The Kier molecular flexibility index (Phi) is 3.93. The predicted molar refractivity (Wildman–Crippen MR) is 85.9 cm³/mol. The number of benzene rings is 2. The summed E-state index contributed by atoms with van der Waals surface area (Å²) in [5, 5.41) is 14.5. The van der Waals surface area contributed by atoms with Crippen LogP contribution in [0.5, 0.6) is 5.75 Å². The third-order valence-corrected chi connectivity index (χ3v) is 4.64. The molecule has 1 atom stereocenters. The molecule has 0 saturated carbocycles. The molecule has 2 N–H and O–H groups in total. The second-order valence-electron chi connectivity index (χ2n) is 5.20. The Morgan fingerprint density at radius 1 is 1.24 bits per heavy atom. The zero-order chi connectivity index (χ0) is 14.9. The highest BCUT2D eigenvalue weighted by atomic mass is 32.2. The van der Waals surface area contributed by atoms with Crippen LogP contribution in [-0.2, 0) is 12.2 Å². The van der Waals surface area contributed by atoms with Gasteiger partial charge >= 0.3 is 0 Å². The molecule has 0 aromatic heterocycles. The highest BCUT2D eigenvalue weighted by Crippen LogP contribution is 2.41. The van der Waals surface area contributed by atoms with Gasteiger partial charge in [-0.2, -0.15) is 0 Å². The number of nitrogens with one attached hydrogen (secondary N) is 1. The molecule has 0 amide bonds. The number of ether oxygens (including phenoxy) is 1. The molecule has 2 aromatic rings. The van der Waals surface area contributed by atoms with Crippen LogP contribution in [0.1, 0.15) is 16.7 Å². The maximum absolute atomic E-state index is 11.4. The number of fused-ring (bicyclic) bond motifs is 2. The Morgan fingerprint density at radius 2 is 2.05 bits per heavy atom. The molecule has 1 aliphatic heterocycles. The van der Waals surface area contributed by atoms with Crippen LogP contribution in [0.4, 0.5) is 0 Å². The van der Waals surface area contributed by atoms with Gasteiger partial charge in [0.05, 0.1) is 0 Å². The molecule has 3 rings (SSSR count). The van der Waals surface area contributed by atoms with Gasteiger partial charge in [0, 0.05) is 17.0 Å². The Balaban J connectivity index is 2.24. The molecular formula is C17H19NO2S. The summed E-state index contributed by atoms with van der Waals surface area (Å²) in [5.41, 5.74) is 1.69. The average molecular weight is 301 g/mol. The number of hydrogen-bond donors (Lipinski definition) is 2. The lowest BCUT2D eigenvalue weighted by Gasteiger charge is -2.30. The van der Waals surface area contributed by atoms with Gasteiger partial charge in [-0.1, -0.05) is 24.3 Å². The summed E-state index contributed by atoms with van der Waals surface area (Å²) in [7, 11) is 1.85. The van der Waals surface area contributed by atoms with Crippen LogP contribution in [0.15, 0.2) is 47.4 Å². The van der Waals surface area contributed by atoms with Crippen LogP contribution in [0.25, 0.3) is 0 Å². The Bertz CT molecular complexity index is 659. The van der Waals surface area contributed by atoms with E-state index >= 15 is 0 Å². The van der Waals surface area contributed by atoms with Crippen molar-refractivity contribution in [3.63, 3.8) is 0 Å². The predicted octanol–water partition coefficient (Wildman–Crippen LogP) is 2.76. The van der Waals surface area contributed by atoms with Gasteiger partial charge < -0.3 is 15.2 Å². The van der Waals surface area contributed by atoms with Gasteiger partial charge in [-0.15, -0.1) is 11.8 Å². The van der Waals surface area contributed by atoms with E-state index in [1.165, 1.54) is 0 Å². The molecule has 0 aliphatic carbocycles. The number of hydrogen-bond acceptors (Lipinski definition) is 4. The van der Waals surface area contributed by atoms with Gasteiger partial charge in [0.2, 0.25) is 0 Å². The summed E-state index contributed by atoms with van der Waals surface area (Å²) in [5.74, 6) is 0.752. The minimum atomic E-state index is -1.08. The van der Waals surface area contributed by atoms with Crippen LogP contribution >= 0.6 is 11.8 Å². The van der Waals surface area contributed by atoms with Crippen molar-refractivity contribution in [2.24, 2.45) is 0 Å². The van der Waals surface area contributed by atoms with E-state index in [9.17, 15) is 5.11 Å². The first kappa shape index (κ1) is 14.4. The first-order valence-corrected chi connectivity index (χ1v) is 8.18. The molecule has 2 aromatic carbocycles. The van der Waals surface area contributed by atoms with E-state index in [4.69, 9.17) is 4.74 Å². The van der Waals surface area contributed by atoms with Gasteiger partial charge in [-0.05, 0) is 42.6 Å². The zero-order valence-electron chi connectivity index (χ0n) is 12.2. The van der Waals surface area contributed by atoms with Crippen LogP contribution in [0.3, 0.4) is 0 Å². The third kappa shape index (κ3) is 2.44. The average Bonchev–Trinajstić information content (AvgIpc) is 2.64. The van der Waals surface area contributed by atoms with E-state index in [0.29, 0.717) is 13.2 Å². The second-order valence-corrected chi connectivity index (χ2v) is 6.08. The lowest BCUT2D eigenvalue weighted by atomic mass is 9.84. The van der Waals surface area contributed by atoms with E-state index in [-0.39, 0.29) is 0 Å². The lowest BCUT2D eigenvalue weighted by molar-refractivity contribution is 0.0813. The van der Waals surface area contributed by atoms with Crippen molar-refractivity contribution in [3.8, 4) is 5.75 Å². The van der Waals surface area contributed by atoms with Crippen molar-refractivity contribution in [2.45, 2.75) is 17.1 Å². The highest BCUT2D eigenvalue weighted by Gasteiger charge is 2.37. The number of rotatable bonds is 3. The van der Waals surface area contributed by atoms with Crippen LogP contribution < -0.4 is 10.1 Å². The van der Waals surface area contributed by atoms with E-state index in [1.807, 2.05) is 55.8 Å². The maximum Gasteiger partial charge on any atom is 0.131 e. The summed E-state index contributed by atoms with van der Waals surface area (Å²) in [6, 6.07) is 13.9. The second kappa shape index (κ2) is 5.72. The van der Waals surface area contributed by atoms with Gasteiger partial charge in [-0.25, -0.2) is 0 Å². The van der Waals surface area contributed by atoms with Crippen molar-refractivity contribution in [1.29, 1.82) is 0 Å². The first-order chi connectivity index (χ1) is 10.2. The first-order valence-electron chi connectivity index (χ1n) is 6.95. The molecule has 0 bridgehead atoms. The van der Waals surface area contributed by atoms with Crippen molar-refractivity contribution in [1.82, 2.24) is 5.32 Å². The molecule has 3 nitrogen and oxygen atoms in total. The molecule has 21 heavy (non-hydrogen) atoms. The molecule has 4 heteroatoms. The standard InChI is InChI=1S/C17H19NO2S/c1-18-11-17(19)14-6-4-3-5-12(14)10-20-16-8-7-13(21-2)9-15(16)17/h3-9,18-19H,10-11H2,1-2H3. The number of thioether (sulfide) groups is 1. The van der Waals surface area contributed by atoms with Gasteiger partial charge in [0.1, 0.15) is 18.0 Å². The van der Waals surface area contributed by atoms with Crippen LogP contribution in [-0.4, -0.2) is 25.0 Å². The van der Waals surface area contributed by atoms with E-state index < -0.39 is 5.60 Å². The summed E-state index contributed by atoms with van der Waals surface area (Å²) < 4.78 is 5.92. The van der Waals surface area contributed by atoms with Crippen molar-refractivity contribution >= 4 is 11.8 Å². The molecule has 0 saturated heterocycles. The topological polar surface area (TPSA) is 41.5 Å². The molecule has 0 radical (unpaired) electrons. The van der Waals surface area contributed by atoms with Crippen molar-refractivity contribution in [2.75, 3.05) is 19.8 Å². The van der Waals surface area contributed by atoms with Crippen LogP contribution in [0.2, 0.25) is 0 Å². The Morgan fingerprint density at radius 3 is 2.81 bits per heavy atom. The highest BCUT2D eigenvalue weighted by molar-refractivity contribution is 7.98. The molecule has 0 fully saturated rings. The summed E-state index contributed by atoms with van der Waals surface area (Å²) in [6.07, 6.45) is 2.03. The number of likely N-dealkylation sites (N-methyl/N-ethyl adjacent to an activating group) is 1. The molecule has 1 aliphatic rings. The molecular weight excluding hydrogens is 282 g/mol. The fourth-order valence-corrected chi connectivity index (χ4v) is 3.32. The lowest BCUT2D eigenvalue weighted by Crippen LogP contribution is -2.38. The number of aliphatic hydroxyl groups is 1. The fourth-order valence-electron chi connectivity index (χ4n) is 2.88. The monoisotopic (exact) mass is 301 g/mol. The molecule has 1 heterocycles. The van der Waals surface area contributed by atoms with Gasteiger partial charge in [-0.3, -0.25) is 0 Å². The fraction of sp³-hybridized carbons (Fsp3) is 0.294. The molecule has 110 valence electrons. The minimum absolute atomic E-state index is 0.443. The SMILES string of the molecule is CNCC1(O)c2ccccc2COc2ccc(SC)cc21. The third-order valence-electron chi connectivity index (χ3n) is 3.91. The van der Waals surface area contributed by atoms with E-state index in [2.05, 4.69) is 5.32 Å². The van der Waals surface area contributed by atoms with Crippen molar-refractivity contribution in [3.05, 3.63) is 59.2 Å². The van der Waals surface area contributed by atoms with E-state index in [0.717, 1.165) is 27.3 Å². The zero-order valence-corrected chi connectivity index (χ0v) is 13.0. The summed E-state index contributed by atoms with van der Waals surface area (Å²) >= 11 is 1.66. The quantitative estimate of drug-likeness (QED) is 0.856. The Labute approximate surface area is 129 Å². The van der Waals surface area contributed by atoms with Gasteiger partial charge in [0.15, 0.2) is 0 Å². The van der Waals surface area contributed by atoms with Crippen molar-refractivity contribution < 1.29 is 9.84 Å². The molecule has 1 unspecified atom stereocenters. The minimum Gasteiger partial charge on any atom is -0.488 e. The van der Waals surface area contributed by atoms with E-state index in [1.54, 1.807) is 11.8 Å². The normalized spacial score (nSPS) is 20.1. The summed E-state index contributed by atoms with van der Waals surface area (Å²) in [6.45, 7) is 0.923. The summed E-state index contributed by atoms with van der Waals surface area (Å²) in [4.78, 5) is 1.12. The molecule has 0 spiro atoms.